The maximum absolute atomic E-state index is 12.2. The third-order valence-electron chi connectivity index (χ3n) is 18.2. The zero-order valence-electron chi connectivity index (χ0n) is 73.4. The summed E-state index contributed by atoms with van der Waals surface area (Å²) in [5, 5.41) is 207. The second-order valence-corrected chi connectivity index (χ2v) is 29.2. The van der Waals surface area contributed by atoms with Gasteiger partial charge in [-0.1, -0.05) is 29.5 Å². The predicted molar refractivity (Wildman–Crippen MR) is 502 cm³/mol. The van der Waals surface area contributed by atoms with Crippen LogP contribution < -0.4 is 70.9 Å². The van der Waals surface area contributed by atoms with Crippen LogP contribution in [0.1, 0.15) is 79.4 Å². The van der Waals surface area contributed by atoms with Crippen molar-refractivity contribution in [3.8, 4) is 40.2 Å². The molecule has 56 nitrogen and oxygen atoms in total. The number of para-hydroxylation sites is 2. The van der Waals surface area contributed by atoms with Crippen molar-refractivity contribution in [2.45, 2.75) is 6.92 Å². The molecule has 0 spiro atoms. The van der Waals surface area contributed by atoms with Gasteiger partial charge in [-0.25, -0.2) is 38.4 Å². The number of rotatable bonds is 30. The monoisotopic (exact) mass is 2030 g/mol. The molecule has 0 atom stereocenters. The molecule has 1 heterocycles. The summed E-state index contributed by atoms with van der Waals surface area (Å²) in [6.07, 6.45) is 0. The summed E-state index contributed by atoms with van der Waals surface area (Å²) in [4.78, 5) is 185. The van der Waals surface area contributed by atoms with Gasteiger partial charge in [0.2, 0.25) is 5.75 Å². The number of carbonyl (C=O) groups is 7. The number of fused-ring (bicyclic) bond motifs is 1. The van der Waals surface area contributed by atoms with Crippen molar-refractivity contribution in [1.29, 1.82) is 0 Å². The lowest BCUT2D eigenvalue weighted by Gasteiger charge is -2.07. The maximum Gasteiger partial charge on any atom is 0.488 e. The van der Waals surface area contributed by atoms with Crippen molar-refractivity contribution in [3.05, 3.63) is 388 Å². The standard InChI is InChI=1S/C16H14BNO8.C14H8BNO8S.C14H12BNO7.3C13H9BN2O8/c1-2-25-15(19)10-3-5-14(6-4-10)26-16(20)11-7-12(17(21)22)9-13(8-11)18(23)24;17-13(7-3-8(15(19)20)5-9(4-7)16(21)22)23-10-1-2-12-11(6-10)24-14(18)25-12;1-22-12-2-4-13(5-3-12)23-14(17)9-6-10(15(18)19)8-11(7-9)16(20)21;17-13(24-12-3-1-10(2-4-12)15(20)21)8-5-9(14(18)19)7-11(6-8)16(22)23;17-13(24-12-3-1-2-10(7-12)15(20)21)8-4-9(14(18)19)6-11(5-8)16(22)23;17-13(24-12-4-2-1-3-11(12)16(22)23)8-5-9(14(18)19)7-10(6-8)15(20)21/h3-9,21-22H,2H2,1H3;1-6,19-20H;2-8,18-19H,1H3;3*1-7,18-19H. The van der Waals surface area contributed by atoms with E-state index in [2.05, 4.69) is 0 Å². The number of non-ortho nitro benzene ring substituents is 8. The van der Waals surface area contributed by atoms with Gasteiger partial charge in [0.15, 0.2) is 5.58 Å². The van der Waals surface area contributed by atoms with E-state index < -0.39 is 174 Å². The Morgan fingerprint density at radius 2 is 0.562 bits per heavy atom. The van der Waals surface area contributed by atoms with Gasteiger partial charge in [0.05, 0.1) is 108 Å². The van der Waals surface area contributed by atoms with E-state index in [-0.39, 0.29) is 130 Å². The summed E-state index contributed by atoms with van der Waals surface area (Å²) >= 11 is 0.893. The zero-order chi connectivity index (χ0) is 108. The Morgan fingerprint density at radius 3 is 0.863 bits per heavy atom. The van der Waals surface area contributed by atoms with Crippen LogP contribution >= 0.6 is 11.3 Å². The number of methoxy groups -OCH3 is 1. The first kappa shape index (κ1) is 112. The van der Waals surface area contributed by atoms with E-state index in [0.717, 1.165) is 145 Å². The Balaban J connectivity index is 0.000000214. The number of hydrogen-bond donors (Lipinski definition) is 12. The molecule has 63 heteroatoms. The molecule has 0 aliphatic rings. The van der Waals surface area contributed by atoms with Crippen LogP contribution in [0.3, 0.4) is 0 Å². The number of benzene rings is 12. The lowest BCUT2D eigenvalue weighted by molar-refractivity contribution is -0.385. The largest absolute Gasteiger partial charge is 0.497 e. The normalized spacial score (nSPS) is 10.2. The van der Waals surface area contributed by atoms with Crippen molar-refractivity contribution in [1.82, 2.24) is 0 Å². The molecule has 1 aromatic heterocycles. The van der Waals surface area contributed by atoms with E-state index in [4.69, 9.17) is 82.5 Å². The van der Waals surface area contributed by atoms with Gasteiger partial charge in [-0.05, 0) is 161 Å². The number of nitrogens with zero attached hydrogens (tertiary/aromatic N) is 9. The molecule has 0 aliphatic heterocycles. The SMILES string of the molecule is CCOC(=O)c1ccc(OC(=O)c2cc(B(O)O)cc([N+](=O)[O-])c2)cc1.COc1ccc(OC(=O)c2cc(B(O)O)cc([N+](=O)[O-])c2)cc1.O=C(Oc1ccc([N+](=O)[O-])cc1)c1cc(B(O)O)cc([N+](=O)[O-])c1.O=C(Oc1ccc2sc(=O)oc2c1)c1cc(B(O)O)cc([N+](=O)[O-])c1.O=C(Oc1cccc([N+](=O)[O-])c1)c1cc(B(O)O)cc([N+](=O)[O-])c1.O=C(Oc1ccccc1[N+](=O)[O-])c1cc(B(O)O)cc([N+](=O)[O-])c1. The molecule has 0 aliphatic carbocycles. The van der Waals surface area contributed by atoms with Crippen LogP contribution in [0.4, 0.5) is 51.2 Å². The average molecular weight is 2030 g/mol. The number of carbonyl (C=O) groups excluding carboxylic acids is 7. The first-order valence-corrected chi connectivity index (χ1v) is 40.7. The Morgan fingerprint density at radius 1 is 0.281 bits per heavy atom. The van der Waals surface area contributed by atoms with Crippen molar-refractivity contribution >= 4 is 190 Å². The van der Waals surface area contributed by atoms with E-state index in [0.29, 0.717) is 10.4 Å². The lowest BCUT2D eigenvalue weighted by Crippen LogP contribution is -2.31. The van der Waals surface area contributed by atoms with E-state index in [1.165, 1.54) is 110 Å². The summed E-state index contributed by atoms with van der Waals surface area (Å²) in [6.45, 7) is 1.89. The molecule has 0 saturated carbocycles. The number of esters is 7. The summed E-state index contributed by atoms with van der Waals surface area (Å²) < 4.78 is 45.4. The van der Waals surface area contributed by atoms with Crippen LogP contribution in [-0.2, 0) is 4.74 Å². The lowest BCUT2D eigenvalue weighted by atomic mass is 9.79. The van der Waals surface area contributed by atoms with Crippen LogP contribution in [0.2, 0.25) is 0 Å². The minimum Gasteiger partial charge on any atom is -0.497 e. The van der Waals surface area contributed by atoms with E-state index in [1.54, 1.807) is 19.1 Å². The Labute approximate surface area is 816 Å². The van der Waals surface area contributed by atoms with Crippen molar-refractivity contribution in [2.75, 3.05) is 13.7 Å². The molecule has 12 N–H and O–H groups in total. The Hall–Kier alpha value is -19.1. The fraction of sp³-hybridized carbons (Fsp3) is 0.0361. The van der Waals surface area contributed by atoms with Crippen LogP contribution in [0, 0.1) is 91.0 Å². The highest BCUT2D eigenvalue weighted by Crippen LogP contribution is 2.31. The minimum atomic E-state index is -2.04. The smallest absolute Gasteiger partial charge is 0.488 e. The molecule has 0 radical (unpaired) electrons. The van der Waals surface area contributed by atoms with Gasteiger partial charge in [0.1, 0.15) is 34.5 Å². The predicted octanol–water partition coefficient (Wildman–Crippen LogP) is 3.04. The van der Waals surface area contributed by atoms with Gasteiger partial charge in [0.25, 0.3) is 45.5 Å². The highest BCUT2D eigenvalue weighted by atomic mass is 32.1. The van der Waals surface area contributed by atoms with E-state index in [1.807, 2.05) is 0 Å². The first-order valence-electron chi connectivity index (χ1n) is 39.8. The topological polar surface area (TPSA) is 855 Å². The fourth-order valence-corrected chi connectivity index (χ4v) is 12.1. The van der Waals surface area contributed by atoms with Gasteiger partial charge in [-0.2, -0.15) is 0 Å². The van der Waals surface area contributed by atoms with Crippen LogP contribution in [0.25, 0.3) is 10.3 Å². The molecule has 0 unspecified atom stereocenters. The highest BCUT2D eigenvalue weighted by molar-refractivity contribution is 7.16. The summed E-state index contributed by atoms with van der Waals surface area (Å²) in [6, 6.07) is 47.9. The number of nitro groups is 9. The van der Waals surface area contributed by atoms with Gasteiger partial charge in [-0.15, -0.1) is 0 Å². The molecule has 12 aromatic carbocycles. The summed E-state index contributed by atoms with van der Waals surface area (Å²) in [5.74, 6) is -5.93. The fourth-order valence-electron chi connectivity index (χ4n) is 11.5. The molecule has 13 rings (SSSR count). The van der Waals surface area contributed by atoms with E-state index in [9.17, 15) is 149 Å². The molecule has 13 aromatic rings. The quantitative estimate of drug-likeness (QED) is 0.0101. The molecule has 146 heavy (non-hydrogen) atoms. The van der Waals surface area contributed by atoms with Crippen molar-refractivity contribution in [3.63, 3.8) is 0 Å². The third kappa shape index (κ3) is 32.8. The Kier molecular flexibility index (Phi) is 39.8. The van der Waals surface area contributed by atoms with Crippen LogP contribution in [0.5, 0.6) is 40.2 Å². The second kappa shape index (κ2) is 51.7. The first-order chi connectivity index (χ1) is 68.9. The number of ether oxygens (including phenoxy) is 8. The number of hydrogen-bond acceptors (Lipinski definition) is 48. The average Bonchev–Trinajstić information content (AvgIpc) is 1.56. The molecule has 0 bridgehead atoms. The Bertz CT molecular complexity index is 7250. The van der Waals surface area contributed by atoms with E-state index >= 15 is 0 Å². The zero-order valence-corrected chi connectivity index (χ0v) is 74.2. The molecular weight excluding hydrogens is 1970 g/mol. The van der Waals surface area contributed by atoms with Crippen molar-refractivity contribution in [2.24, 2.45) is 0 Å². The van der Waals surface area contributed by atoms with Crippen LogP contribution in [0.15, 0.2) is 258 Å². The van der Waals surface area contributed by atoms with Gasteiger partial charge >= 0.3 is 95.1 Å². The molecule has 0 fully saturated rings. The molecular formula is C83H61B6N9O47S. The van der Waals surface area contributed by atoms with Gasteiger partial charge in [0, 0.05) is 103 Å². The van der Waals surface area contributed by atoms with Crippen molar-refractivity contribution < 1.29 is 180 Å². The third-order valence-corrected chi connectivity index (χ3v) is 19.0. The van der Waals surface area contributed by atoms with Gasteiger partial charge < -0.3 is 103 Å². The summed E-state index contributed by atoms with van der Waals surface area (Å²) in [5.41, 5.74) is -6.47. The van der Waals surface area contributed by atoms with Gasteiger partial charge in [-0.3, -0.25) is 91.0 Å². The van der Waals surface area contributed by atoms with Crippen LogP contribution in [-0.4, -0.2) is 203 Å². The second-order valence-electron chi connectivity index (χ2n) is 28.2. The number of nitro benzene ring substituents is 9. The highest BCUT2D eigenvalue weighted by Gasteiger charge is 2.31. The minimum absolute atomic E-state index is 0.0109. The molecule has 744 valence electrons. The maximum atomic E-state index is 12.2. The molecule has 0 amide bonds. The summed E-state index contributed by atoms with van der Waals surface area (Å²) in [7, 11) is -10.5. The molecule has 0 saturated heterocycles.